The summed E-state index contributed by atoms with van der Waals surface area (Å²) in [7, 11) is 0. The van der Waals surface area contributed by atoms with Gasteiger partial charge in [-0.05, 0) is 55.7 Å². The van der Waals surface area contributed by atoms with Crippen molar-refractivity contribution in [3.8, 4) is 0 Å². The molecule has 0 aromatic heterocycles. The summed E-state index contributed by atoms with van der Waals surface area (Å²) in [6.07, 6.45) is 0.663. The van der Waals surface area contributed by atoms with Gasteiger partial charge in [0.05, 0.1) is 16.5 Å². The molecule has 156 valence electrons. The minimum Gasteiger partial charge on any atom is -0.352 e. The number of halogens is 3. The van der Waals surface area contributed by atoms with Crippen LogP contribution in [0.5, 0.6) is 0 Å². The molecule has 2 aromatic carbocycles. The molecule has 0 aliphatic rings. The Kier molecular flexibility index (Phi) is 8.81. The Hall–Kier alpha value is -1.75. The minimum absolute atomic E-state index is 0.0188. The summed E-state index contributed by atoms with van der Waals surface area (Å²) in [6, 6.07) is 11.7. The monoisotopic (exact) mass is 454 g/mol. The number of hydrogen-bond acceptors (Lipinski definition) is 2. The molecule has 0 bridgehead atoms. The third kappa shape index (κ3) is 6.91. The van der Waals surface area contributed by atoms with E-state index in [0.29, 0.717) is 21.5 Å². The van der Waals surface area contributed by atoms with E-state index in [2.05, 4.69) is 5.32 Å². The van der Waals surface area contributed by atoms with E-state index in [1.807, 2.05) is 39.0 Å². The first-order chi connectivity index (χ1) is 13.7. The molecule has 2 amide bonds. The number of carbonyl (C=O) groups is 2. The van der Waals surface area contributed by atoms with Gasteiger partial charge in [-0.2, -0.15) is 0 Å². The summed E-state index contributed by atoms with van der Waals surface area (Å²) in [5.74, 6) is -0.323. The van der Waals surface area contributed by atoms with E-state index in [4.69, 9.17) is 34.8 Å². The number of benzene rings is 2. The van der Waals surface area contributed by atoms with Crippen LogP contribution >= 0.6 is 34.8 Å². The number of nitrogens with one attached hydrogen (secondary N) is 1. The van der Waals surface area contributed by atoms with Crippen LogP contribution in [-0.2, 0) is 22.6 Å². The normalized spacial score (nSPS) is 12.0. The molecule has 0 heterocycles. The maximum Gasteiger partial charge on any atom is 0.243 e. The summed E-state index contributed by atoms with van der Waals surface area (Å²) in [5, 5.41) is 4.37. The zero-order valence-corrected chi connectivity index (χ0v) is 19.0. The molecule has 0 unspecified atom stereocenters. The third-order valence-electron chi connectivity index (χ3n) is 4.42. The van der Waals surface area contributed by atoms with E-state index in [1.54, 1.807) is 29.2 Å². The SMILES string of the molecule is CC[C@H](C(=O)NC(C)C)N(Cc1ccc(Cl)c(Cl)c1)C(=O)Cc1ccc(Cl)cc1. The van der Waals surface area contributed by atoms with Crippen LogP contribution < -0.4 is 5.32 Å². The highest BCUT2D eigenvalue weighted by atomic mass is 35.5. The predicted octanol–water partition coefficient (Wildman–Crippen LogP) is 5.52. The van der Waals surface area contributed by atoms with Crippen molar-refractivity contribution in [3.05, 3.63) is 68.7 Å². The van der Waals surface area contributed by atoms with Gasteiger partial charge in [-0.15, -0.1) is 0 Å². The van der Waals surface area contributed by atoms with Gasteiger partial charge in [0.2, 0.25) is 11.8 Å². The number of carbonyl (C=O) groups excluding carboxylic acids is 2. The third-order valence-corrected chi connectivity index (χ3v) is 5.41. The highest BCUT2D eigenvalue weighted by Gasteiger charge is 2.29. The van der Waals surface area contributed by atoms with E-state index < -0.39 is 6.04 Å². The Morgan fingerprint density at radius 2 is 1.59 bits per heavy atom. The van der Waals surface area contributed by atoms with Crippen LogP contribution in [0.2, 0.25) is 15.1 Å². The summed E-state index contributed by atoms with van der Waals surface area (Å²) in [5.41, 5.74) is 1.64. The van der Waals surface area contributed by atoms with E-state index in [-0.39, 0.29) is 30.8 Å². The molecule has 0 aliphatic heterocycles. The number of nitrogens with zero attached hydrogens (tertiary/aromatic N) is 1. The second-order valence-electron chi connectivity index (χ2n) is 7.16. The Labute approximate surface area is 187 Å². The lowest BCUT2D eigenvalue weighted by Crippen LogP contribution is -2.50. The molecule has 0 saturated heterocycles. The zero-order valence-electron chi connectivity index (χ0n) is 16.7. The lowest BCUT2D eigenvalue weighted by Gasteiger charge is -2.31. The molecule has 2 aromatic rings. The van der Waals surface area contributed by atoms with Crippen molar-refractivity contribution < 1.29 is 9.59 Å². The lowest BCUT2D eigenvalue weighted by molar-refractivity contribution is -0.141. The van der Waals surface area contributed by atoms with Gasteiger partial charge in [0.1, 0.15) is 6.04 Å². The van der Waals surface area contributed by atoms with Crippen LogP contribution in [0.1, 0.15) is 38.3 Å². The highest BCUT2D eigenvalue weighted by molar-refractivity contribution is 6.42. The maximum absolute atomic E-state index is 13.2. The van der Waals surface area contributed by atoms with Crippen molar-refractivity contribution in [2.45, 2.75) is 52.2 Å². The Morgan fingerprint density at radius 1 is 0.966 bits per heavy atom. The average Bonchev–Trinajstić information content (AvgIpc) is 2.65. The lowest BCUT2D eigenvalue weighted by atomic mass is 10.1. The van der Waals surface area contributed by atoms with Crippen molar-refractivity contribution in [2.75, 3.05) is 0 Å². The number of amides is 2. The molecule has 0 saturated carbocycles. The van der Waals surface area contributed by atoms with Gasteiger partial charge in [0, 0.05) is 17.6 Å². The fraction of sp³-hybridized carbons (Fsp3) is 0.364. The van der Waals surface area contributed by atoms with Crippen LogP contribution in [-0.4, -0.2) is 28.8 Å². The largest absolute Gasteiger partial charge is 0.352 e. The van der Waals surface area contributed by atoms with E-state index in [0.717, 1.165) is 11.1 Å². The summed E-state index contributed by atoms with van der Waals surface area (Å²) >= 11 is 18.1. The summed E-state index contributed by atoms with van der Waals surface area (Å²) < 4.78 is 0. The Balaban J connectivity index is 2.31. The standard InChI is InChI=1S/C22H25Cl3N2O2/c1-4-20(22(29)26-14(2)3)27(13-16-7-10-18(24)19(25)11-16)21(28)12-15-5-8-17(23)9-6-15/h5-11,14,20H,4,12-13H2,1-3H3,(H,26,29)/t20-/m1/s1. The first kappa shape index (κ1) is 23.5. The van der Waals surface area contributed by atoms with Gasteiger partial charge < -0.3 is 10.2 Å². The van der Waals surface area contributed by atoms with Gasteiger partial charge in [0.15, 0.2) is 0 Å². The fourth-order valence-electron chi connectivity index (χ4n) is 3.01. The van der Waals surface area contributed by atoms with Gasteiger partial charge in [-0.25, -0.2) is 0 Å². The van der Waals surface area contributed by atoms with Crippen LogP contribution in [0.3, 0.4) is 0 Å². The van der Waals surface area contributed by atoms with E-state index in [1.165, 1.54) is 0 Å². The van der Waals surface area contributed by atoms with Crippen molar-refractivity contribution in [1.29, 1.82) is 0 Å². The molecular formula is C22H25Cl3N2O2. The zero-order chi connectivity index (χ0) is 21.6. The van der Waals surface area contributed by atoms with Crippen molar-refractivity contribution in [3.63, 3.8) is 0 Å². The van der Waals surface area contributed by atoms with Crippen molar-refractivity contribution in [1.82, 2.24) is 10.2 Å². The molecule has 0 radical (unpaired) electrons. The second kappa shape index (κ2) is 10.9. The first-order valence-electron chi connectivity index (χ1n) is 9.49. The molecule has 4 nitrogen and oxygen atoms in total. The summed E-state index contributed by atoms with van der Waals surface area (Å²) in [6.45, 7) is 5.93. The van der Waals surface area contributed by atoms with Gasteiger partial charge >= 0.3 is 0 Å². The number of hydrogen-bond donors (Lipinski definition) is 1. The number of rotatable bonds is 8. The quantitative estimate of drug-likeness (QED) is 0.569. The van der Waals surface area contributed by atoms with E-state index in [9.17, 15) is 9.59 Å². The van der Waals surface area contributed by atoms with Crippen molar-refractivity contribution in [2.24, 2.45) is 0 Å². The smallest absolute Gasteiger partial charge is 0.243 e. The van der Waals surface area contributed by atoms with Gasteiger partial charge in [-0.3, -0.25) is 9.59 Å². The van der Waals surface area contributed by atoms with Crippen LogP contribution in [0.4, 0.5) is 0 Å². The molecule has 1 N–H and O–H groups in total. The maximum atomic E-state index is 13.2. The average molecular weight is 456 g/mol. The van der Waals surface area contributed by atoms with Crippen molar-refractivity contribution >= 4 is 46.6 Å². The molecule has 1 atom stereocenters. The fourth-order valence-corrected chi connectivity index (χ4v) is 3.46. The molecule has 0 fully saturated rings. The van der Waals surface area contributed by atoms with Crippen LogP contribution in [0, 0.1) is 0 Å². The Morgan fingerprint density at radius 3 is 2.14 bits per heavy atom. The van der Waals surface area contributed by atoms with Gasteiger partial charge in [0.25, 0.3) is 0 Å². The predicted molar refractivity (Wildman–Crippen MR) is 120 cm³/mol. The second-order valence-corrected chi connectivity index (χ2v) is 8.41. The molecule has 0 spiro atoms. The minimum atomic E-state index is -0.591. The molecule has 2 rings (SSSR count). The highest BCUT2D eigenvalue weighted by Crippen LogP contribution is 2.24. The molecule has 29 heavy (non-hydrogen) atoms. The Bertz CT molecular complexity index is 854. The van der Waals surface area contributed by atoms with Crippen LogP contribution in [0.15, 0.2) is 42.5 Å². The molecule has 7 heteroatoms. The molecular weight excluding hydrogens is 431 g/mol. The van der Waals surface area contributed by atoms with Crippen LogP contribution in [0.25, 0.3) is 0 Å². The van der Waals surface area contributed by atoms with Gasteiger partial charge in [-0.1, -0.05) is 59.9 Å². The first-order valence-corrected chi connectivity index (χ1v) is 10.6. The van der Waals surface area contributed by atoms with E-state index >= 15 is 0 Å². The summed E-state index contributed by atoms with van der Waals surface area (Å²) in [4.78, 5) is 27.6. The topological polar surface area (TPSA) is 49.4 Å². The molecule has 0 aliphatic carbocycles.